The molecule has 0 saturated carbocycles. The number of hydrogen-bond donors (Lipinski definition) is 1. The van der Waals surface area contributed by atoms with Gasteiger partial charge in [-0.3, -0.25) is 0 Å². The van der Waals surface area contributed by atoms with Crippen molar-refractivity contribution in [3.8, 4) is 0 Å². The zero-order valence-electron chi connectivity index (χ0n) is 9.00. The van der Waals surface area contributed by atoms with Gasteiger partial charge in [0.1, 0.15) is 17.7 Å². The van der Waals surface area contributed by atoms with Gasteiger partial charge in [-0.1, -0.05) is 33.6 Å². The van der Waals surface area contributed by atoms with E-state index in [1.54, 1.807) is 12.1 Å². The molecule has 18 heavy (non-hydrogen) atoms. The predicted molar refractivity (Wildman–Crippen MR) is 69.6 cm³/mol. The molecule has 1 atom stereocenters. The highest BCUT2D eigenvalue weighted by Crippen LogP contribution is 2.32. The van der Waals surface area contributed by atoms with Gasteiger partial charge in [0.25, 0.3) is 0 Å². The Bertz CT molecular complexity index is 569. The summed E-state index contributed by atoms with van der Waals surface area (Å²) in [7, 11) is 0. The van der Waals surface area contributed by atoms with Crippen molar-refractivity contribution in [3.63, 3.8) is 0 Å². The van der Waals surface area contributed by atoms with Crippen molar-refractivity contribution in [2.24, 2.45) is 0 Å². The Balaban J connectivity index is 2.54. The third-order valence-corrected chi connectivity index (χ3v) is 3.36. The summed E-state index contributed by atoms with van der Waals surface area (Å²) in [6.45, 7) is 0. The molecule has 0 aliphatic rings. The first-order valence-electron chi connectivity index (χ1n) is 5.07. The van der Waals surface area contributed by atoms with Crippen molar-refractivity contribution in [3.05, 3.63) is 68.7 Å². The summed E-state index contributed by atoms with van der Waals surface area (Å²) in [4.78, 5) is 0. The van der Waals surface area contributed by atoms with Crippen LogP contribution in [0.4, 0.5) is 8.78 Å². The summed E-state index contributed by atoms with van der Waals surface area (Å²) >= 11 is 9.14. The second kappa shape index (κ2) is 5.34. The van der Waals surface area contributed by atoms with Crippen LogP contribution < -0.4 is 0 Å². The maximum atomic E-state index is 13.6. The van der Waals surface area contributed by atoms with E-state index in [9.17, 15) is 13.9 Å². The van der Waals surface area contributed by atoms with Crippen LogP contribution in [0.15, 0.2) is 40.9 Å². The Hall–Kier alpha value is -0.970. The van der Waals surface area contributed by atoms with Crippen LogP contribution in [-0.4, -0.2) is 5.11 Å². The van der Waals surface area contributed by atoms with E-state index in [1.165, 1.54) is 12.1 Å². The van der Waals surface area contributed by atoms with E-state index < -0.39 is 23.3 Å². The van der Waals surface area contributed by atoms with Gasteiger partial charge in [-0.2, -0.15) is 0 Å². The number of rotatable bonds is 2. The zero-order valence-corrected chi connectivity index (χ0v) is 11.3. The molecule has 94 valence electrons. The van der Waals surface area contributed by atoms with E-state index in [-0.39, 0.29) is 10.6 Å². The van der Waals surface area contributed by atoms with E-state index in [0.717, 1.165) is 12.1 Å². The summed E-state index contributed by atoms with van der Waals surface area (Å²) < 4.78 is 27.8. The molecule has 1 unspecified atom stereocenters. The number of aliphatic hydroxyl groups is 1. The van der Waals surface area contributed by atoms with E-state index in [4.69, 9.17) is 11.6 Å². The van der Waals surface area contributed by atoms with Crippen molar-refractivity contribution in [1.82, 2.24) is 0 Å². The van der Waals surface area contributed by atoms with Crippen molar-refractivity contribution < 1.29 is 13.9 Å². The van der Waals surface area contributed by atoms with Crippen LogP contribution in [0.3, 0.4) is 0 Å². The van der Waals surface area contributed by atoms with Crippen LogP contribution in [0.1, 0.15) is 17.2 Å². The van der Waals surface area contributed by atoms with E-state index in [2.05, 4.69) is 15.9 Å². The van der Waals surface area contributed by atoms with Gasteiger partial charge in [-0.15, -0.1) is 0 Å². The van der Waals surface area contributed by atoms with Crippen LogP contribution in [-0.2, 0) is 0 Å². The molecule has 1 nitrogen and oxygen atoms in total. The number of aliphatic hydroxyl groups excluding tert-OH is 1. The average Bonchev–Trinajstić information content (AvgIpc) is 2.32. The summed E-state index contributed by atoms with van der Waals surface area (Å²) in [5.74, 6) is -1.61. The maximum Gasteiger partial charge on any atom is 0.132 e. The van der Waals surface area contributed by atoms with Gasteiger partial charge in [0, 0.05) is 15.1 Å². The summed E-state index contributed by atoms with van der Waals surface area (Å²) in [5.41, 5.74) is -0.160. The highest BCUT2D eigenvalue weighted by Gasteiger charge is 2.21. The van der Waals surface area contributed by atoms with Crippen LogP contribution >= 0.6 is 27.5 Å². The minimum absolute atomic E-state index is 0.244. The topological polar surface area (TPSA) is 20.2 Å². The third kappa shape index (κ3) is 2.55. The second-order valence-electron chi connectivity index (χ2n) is 3.70. The molecule has 0 saturated heterocycles. The Morgan fingerprint density at radius 1 is 1.11 bits per heavy atom. The molecule has 0 aromatic heterocycles. The molecule has 0 spiro atoms. The Labute approximate surface area is 116 Å². The monoisotopic (exact) mass is 332 g/mol. The molecule has 1 N–H and O–H groups in total. The zero-order chi connectivity index (χ0) is 13.3. The lowest BCUT2D eigenvalue weighted by Crippen LogP contribution is -2.06. The van der Waals surface area contributed by atoms with Gasteiger partial charge in [0.2, 0.25) is 0 Å². The summed E-state index contributed by atoms with van der Waals surface area (Å²) in [6.07, 6.45) is -1.45. The van der Waals surface area contributed by atoms with Crippen molar-refractivity contribution in [2.75, 3.05) is 0 Å². The summed E-state index contributed by atoms with van der Waals surface area (Å²) in [6, 6.07) is 8.17. The molecule has 0 heterocycles. The van der Waals surface area contributed by atoms with Gasteiger partial charge >= 0.3 is 0 Å². The molecule has 5 heteroatoms. The minimum Gasteiger partial charge on any atom is -0.383 e. The fourth-order valence-electron chi connectivity index (χ4n) is 1.65. The van der Waals surface area contributed by atoms with Gasteiger partial charge in [-0.05, 0) is 30.3 Å². The van der Waals surface area contributed by atoms with E-state index in [1.807, 2.05) is 0 Å². The molecule has 2 rings (SSSR count). The SMILES string of the molecule is OC(c1cc(Br)ccc1Cl)c1c(F)cccc1F. The molecule has 0 aliphatic carbocycles. The molecular formula is C13H8BrClF2O. The van der Waals surface area contributed by atoms with E-state index in [0.29, 0.717) is 4.47 Å². The van der Waals surface area contributed by atoms with Gasteiger partial charge < -0.3 is 5.11 Å². The molecule has 0 radical (unpaired) electrons. The molecule has 2 aromatic rings. The van der Waals surface area contributed by atoms with Crippen LogP contribution in [0.2, 0.25) is 5.02 Å². The standard InChI is InChI=1S/C13H8BrClF2O/c14-7-4-5-9(15)8(6-7)13(18)12-10(16)2-1-3-11(12)17/h1-6,13,18H. The first-order chi connectivity index (χ1) is 8.50. The normalized spacial score (nSPS) is 12.5. The first kappa shape index (κ1) is 13.5. The lowest BCUT2D eigenvalue weighted by molar-refractivity contribution is 0.209. The lowest BCUT2D eigenvalue weighted by atomic mass is 10.0. The molecular weight excluding hydrogens is 325 g/mol. The smallest absolute Gasteiger partial charge is 0.132 e. The molecule has 0 amide bonds. The van der Waals surface area contributed by atoms with Gasteiger partial charge in [0.05, 0.1) is 5.56 Å². The maximum absolute atomic E-state index is 13.6. The van der Waals surface area contributed by atoms with Crippen LogP contribution in [0.5, 0.6) is 0 Å². The molecule has 0 fully saturated rings. The largest absolute Gasteiger partial charge is 0.383 e. The quantitative estimate of drug-likeness (QED) is 0.860. The molecule has 0 bridgehead atoms. The number of benzene rings is 2. The Morgan fingerprint density at radius 3 is 2.33 bits per heavy atom. The predicted octanol–water partition coefficient (Wildman–Crippen LogP) is 4.46. The number of hydrogen-bond acceptors (Lipinski definition) is 1. The number of halogens is 4. The lowest BCUT2D eigenvalue weighted by Gasteiger charge is -2.15. The molecule has 0 aliphatic heterocycles. The van der Waals surface area contributed by atoms with Crippen LogP contribution in [0, 0.1) is 11.6 Å². The Kier molecular flexibility index (Phi) is 4.00. The fraction of sp³-hybridized carbons (Fsp3) is 0.0769. The van der Waals surface area contributed by atoms with Crippen molar-refractivity contribution in [2.45, 2.75) is 6.10 Å². The van der Waals surface area contributed by atoms with Gasteiger partial charge in [-0.25, -0.2) is 8.78 Å². The minimum atomic E-state index is -1.45. The highest BCUT2D eigenvalue weighted by atomic mass is 79.9. The van der Waals surface area contributed by atoms with E-state index >= 15 is 0 Å². The second-order valence-corrected chi connectivity index (χ2v) is 5.03. The van der Waals surface area contributed by atoms with Crippen molar-refractivity contribution in [1.29, 1.82) is 0 Å². The molecule has 2 aromatic carbocycles. The van der Waals surface area contributed by atoms with Crippen LogP contribution in [0.25, 0.3) is 0 Å². The van der Waals surface area contributed by atoms with Crippen molar-refractivity contribution >= 4 is 27.5 Å². The van der Waals surface area contributed by atoms with Gasteiger partial charge in [0.15, 0.2) is 0 Å². The fourth-order valence-corrected chi connectivity index (χ4v) is 2.25. The third-order valence-electron chi connectivity index (χ3n) is 2.53. The summed E-state index contributed by atoms with van der Waals surface area (Å²) in [5, 5.41) is 10.3. The first-order valence-corrected chi connectivity index (χ1v) is 6.24. The highest BCUT2D eigenvalue weighted by molar-refractivity contribution is 9.10. The average molecular weight is 334 g/mol. The Morgan fingerprint density at radius 2 is 1.72 bits per heavy atom.